The van der Waals surface area contributed by atoms with E-state index >= 15 is 0 Å². The number of imidazole rings is 2. The van der Waals surface area contributed by atoms with Crippen molar-refractivity contribution in [2.75, 3.05) is 40.4 Å². The van der Waals surface area contributed by atoms with Gasteiger partial charge in [-0.2, -0.15) is 0 Å². The average molecular weight is 827 g/mol. The number of alkyl carbamates (subject to hydrolysis) is 2. The highest BCUT2D eigenvalue weighted by Gasteiger charge is 2.27. The van der Waals surface area contributed by atoms with Gasteiger partial charge in [0.15, 0.2) is 0 Å². The van der Waals surface area contributed by atoms with E-state index in [1.807, 2.05) is 26.2 Å². The molecule has 14 nitrogen and oxygen atoms in total. The number of methoxy groups -OCH3 is 2. The molecule has 0 atom stereocenters. The Morgan fingerprint density at radius 1 is 0.583 bits per heavy atom. The predicted octanol–water partition coefficient (Wildman–Crippen LogP) is 8.13. The molecule has 0 fully saturated rings. The molecule has 0 saturated heterocycles. The van der Waals surface area contributed by atoms with E-state index in [4.69, 9.17) is 0 Å². The van der Waals surface area contributed by atoms with Crippen LogP contribution in [0.5, 0.6) is 0 Å². The first kappa shape index (κ1) is 47.0. The molecule has 60 heavy (non-hydrogen) atoms. The van der Waals surface area contributed by atoms with Crippen molar-refractivity contribution in [2.24, 2.45) is 0 Å². The molecular weight excluding hydrogens is 761 g/mol. The molecule has 0 unspecified atom stereocenters. The van der Waals surface area contributed by atoms with Gasteiger partial charge >= 0.3 is 12.2 Å². The maximum Gasteiger partial charge on any atom is 0.407 e. The number of ether oxygens (including phenoxy) is 2. The fraction of sp³-hybridized carbons (Fsp3) is 0.522. The molecule has 4 N–H and O–H groups in total. The molecule has 4 amide bonds. The number of benzene rings is 2. The Labute approximate surface area is 355 Å². The van der Waals surface area contributed by atoms with Crippen LogP contribution in [0.25, 0.3) is 33.6 Å². The summed E-state index contributed by atoms with van der Waals surface area (Å²) in [7, 11) is 2.54. The molecule has 0 radical (unpaired) electrons. The van der Waals surface area contributed by atoms with Crippen LogP contribution in [0.2, 0.25) is 0 Å². The number of hydrogen-bond acceptors (Lipinski definition) is 8. The van der Waals surface area contributed by atoms with E-state index in [1.54, 1.807) is 9.80 Å². The summed E-state index contributed by atoms with van der Waals surface area (Å²) in [6.45, 7) is 14.0. The van der Waals surface area contributed by atoms with Crippen LogP contribution in [-0.2, 0) is 57.8 Å². The van der Waals surface area contributed by atoms with Crippen LogP contribution in [0.4, 0.5) is 9.59 Å². The molecule has 4 aromatic rings. The summed E-state index contributed by atoms with van der Waals surface area (Å²) in [5, 5.41) is 4.94. The van der Waals surface area contributed by atoms with Gasteiger partial charge in [0.25, 0.3) is 0 Å². The summed E-state index contributed by atoms with van der Waals surface area (Å²) in [6, 6.07) is 8.91. The number of amides is 4. The number of fused-ring (bicyclic) bond motifs is 2. The highest BCUT2D eigenvalue weighted by molar-refractivity contribution is 5.84. The van der Waals surface area contributed by atoms with Crippen LogP contribution in [0.3, 0.4) is 0 Å². The third-order valence-electron chi connectivity index (χ3n) is 10.2. The number of aromatic amines is 2. The lowest BCUT2D eigenvalue weighted by molar-refractivity contribution is -0.131. The third-order valence-corrected chi connectivity index (χ3v) is 10.2. The van der Waals surface area contributed by atoms with Gasteiger partial charge in [0.2, 0.25) is 11.8 Å². The highest BCUT2D eigenvalue weighted by atomic mass is 16.5. The van der Waals surface area contributed by atoms with E-state index in [0.717, 1.165) is 73.9 Å². The number of nitrogens with one attached hydrogen (secondary N) is 4. The number of H-pyrrole nitrogens is 2. The number of aromatic nitrogens is 4. The van der Waals surface area contributed by atoms with Gasteiger partial charge in [-0.1, -0.05) is 78.6 Å². The van der Waals surface area contributed by atoms with Crippen LogP contribution in [0.1, 0.15) is 114 Å². The van der Waals surface area contributed by atoms with E-state index in [9.17, 15) is 19.2 Å². The minimum Gasteiger partial charge on any atom is -0.453 e. The van der Waals surface area contributed by atoms with Gasteiger partial charge in [-0.25, -0.2) is 19.6 Å². The molecule has 6 rings (SSSR count). The van der Waals surface area contributed by atoms with Gasteiger partial charge in [-0.3, -0.25) is 9.59 Å². The number of rotatable bonds is 15. The molecule has 326 valence electrons. The molecule has 2 heterocycles. The summed E-state index contributed by atoms with van der Waals surface area (Å²) >= 11 is 0. The van der Waals surface area contributed by atoms with Crippen molar-refractivity contribution >= 4 is 24.0 Å². The quantitative estimate of drug-likeness (QED) is 0.0930. The van der Waals surface area contributed by atoms with Crippen LogP contribution in [-0.4, -0.2) is 94.1 Å². The van der Waals surface area contributed by atoms with E-state index in [-0.39, 0.29) is 24.9 Å². The van der Waals surface area contributed by atoms with Crippen molar-refractivity contribution in [1.82, 2.24) is 40.4 Å². The molecule has 0 aliphatic heterocycles. The maximum absolute atomic E-state index is 12.9. The Bertz CT molecular complexity index is 1890. The molecular formula is C46H66N8O6. The van der Waals surface area contributed by atoms with Crippen molar-refractivity contribution in [1.29, 1.82) is 0 Å². The van der Waals surface area contributed by atoms with Gasteiger partial charge in [0, 0.05) is 24.2 Å². The average Bonchev–Trinajstić information content (AvgIpc) is 4.09. The Kier molecular flexibility index (Phi) is 18.7. The van der Waals surface area contributed by atoms with E-state index in [2.05, 4.69) is 92.0 Å². The molecule has 2 aliphatic carbocycles. The Morgan fingerprint density at radius 3 is 1.25 bits per heavy atom. The Balaban J connectivity index is 0.00000125. The van der Waals surface area contributed by atoms with E-state index in [1.165, 1.54) is 60.4 Å². The number of carbonyl (C=O) groups is 4. The zero-order valence-corrected chi connectivity index (χ0v) is 37.0. The minimum atomic E-state index is -0.639. The second-order valence-corrected chi connectivity index (χ2v) is 15.2. The van der Waals surface area contributed by atoms with E-state index in [0.29, 0.717) is 37.8 Å². The monoisotopic (exact) mass is 827 g/mol. The minimum absolute atomic E-state index is 0.137. The van der Waals surface area contributed by atoms with Crippen molar-refractivity contribution in [3.63, 3.8) is 0 Å². The number of hydrogen-bond donors (Lipinski definition) is 4. The summed E-state index contributed by atoms with van der Waals surface area (Å²) in [5.74, 6) is 0.982. The summed E-state index contributed by atoms with van der Waals surface area (Å²) in [4.78, 5) is 68.3. The third kappa shape index (κ3) is 12.2. The maximum atomic E-state index is 12.9. The number of carbonyl (C=O) groups excluding carboxylic acids is 4. The lowest BCUT2D eigenvalue weighted by Crippen LogP contribution is -2.40. The lowest BCUT2D eigenvalue weighted by Gasteiger charge is -2.21. The molecule has 14 heteroatoms. The first-order valence-electron chi connectivity index (χ1n) is 21.6. The van der Waals surface area contributed by atoms with Crippen LogP contribution < -0.4 is 10.6 Å². The van der Waals surface area contributed by atoms with Gasteiger partial charge in [-0.15, -0.1) is 0 Å². The summed E-state index contributed by atoms with van der Waals surface area (Å²) in [5.41, 5.74) is 12.2. The molecule has 0 bridgehead atoms. The molecule has 2 aromatic heterocycles. The van der Waals surface area contributed by atoms with Gasteiger partial charge in [0.1, 0.15) is 24.7 Å². The molecule has 0 spiro atoms. The SMILES string of the molecule is CCC.CCC.CCCN(Cc1ncc(-c2ccc(-c3ccc(-c4cnc(CN(CCC)C(=O)CNC(=O)OC)[nH]4)c4c3CCC4)c3c2CCC3)[nH]1)C(=O)CNC(=O)OC. The molecule has 2 aliphatic rings. The largest absolute Gasteiger partial charge is 0.453 e. The zero-order chi connectivity index (χ0) is 43.6. The van der Waals surface area contributed by atoms with E-state index < -0.39 is 12.2 Å². The van der Waals surface area contributed by atoms with Crippen LogP contribution in [0.15, 0.2) is 36.7 Å². The normalized spacial score (nSPS) is 12.2. The van der Waals surface area contributed by atoms with Crippen LogP contribution in [0, 0.1) is 0 Å². The van der Waals surface area contributed by atoms with Crippen molar-refractivity contribution in [2.45, 2.75) is 119 Å². The van der Waals surface area contributed by atoms with Gasteiger partial charge in [-0.05, 0) is 84.7 Å². The van der Waals surface area contributed by atoms with Crippen molar-refractivity contribution < 1.29 is 28.7 Å². The summed E-state index contributed by atoms with van der Waals surface area (Å²) < 4.78 is 9.20. The smallest absolute Gasteiger partial charge is 0.407 e. The summed E-state index contributed by atoms with van der Waals surface area (Å²) in [6.07, 6.45) is 12.6. The predicted molar refractivity (Wildman–Crippen MR) is 235 cm³/mol. The van der Waals surface area contributed by atoms with Crippen molar-refractivity contribution in [3.05, 3.63) is 70.6 Å². The Morgan fingerprint density at radius 2 is 0.917 bits per heavy atom. The topological polar surface area (TPSA) is 175 Å². The first-order valence-corrected chi connectivity index (χ1v) is 21.6. The van der Waals surface area contributed by atoms with Crippen molar-refractivity contribution in [3.8, 4) is 33.6 Å². The Hall–Kier alpha value is -5.66. The zero-order valence-electron chi connectivity index (χ0n) is 37.0. The first-order chi connectivity index (χ1) is 29.1. The standard InChI is InChI=1S/C40H50N8O6.2C3H8/c1-5-17-47(37(49)21-43-39(51)53-3)23-35-41-19-33(45-35)31-15-13-29(25-9-7-11-27(25)31)30-14-16-32(28-12-8-10-26(28)30)34-20-42-36(46-34)24-48(18-6-2)38(50)22-44-40(52)54-4;2*1-3-2/h13-16,19-20H,5-12,17-18,21-24H2,1-4H3,(H,41,45)(H,42,46)(H,43,51)(H,44,52);2*3H2,1-2H3. The lowest BCUT2D eigenvalue weighted by atomic mass is 9.87. The molecule has 2 aromatic carbocycles. The van der Waals surface area contributed by atoms with Gasteiger partial charge in [0.05, 0.1) is 51.1 Å². The second-order valence-electron chi connectivity index (χ2n) is 15.2. The fourth-order valence-corrected chi connectivity index (χ4v) is 7.73. The molecule has 0 saturated carbocycles. The van der Waals surface area contributed by atoms with Crippen LogP contribution >= 0.6 is 0 Å². The van der Waals surface area contributed by atoms with Gasteiger partial charge < -0.3 is 39.9 Å². The second kappa shape index (κ2) is 23.8. The highest BCUT2D eigenvalue weighted by Crippen LogP contribution is 2.43. The number of nitrogens with zero attached hydrogens (tertiary/aromatic N) is 4. The fourth-order valence-electron chi connectivity index (χ4n) is 7.73.